The van der Waals surface area contributed by atoms with Crippen molar-refractivity contribution < 1.29 is 91.8 Å². The molecule has 5 rings (SSSR count). The second-order valence-electron chi connectivity index (χ2n) is 17.5. The van der Waals surface area contributed by atoms with Gasteiger partial charge >= 0.3 is 35.8 Å². The number of carbonyl (C=O) groups excluding carboxylic acids is 5. The zero-order valence-corrected chi connectivity index (χ0v) is 57.4. The van der Waals surface area contributed by atoms with Crippen molar-refractivity contribution in [2.45, 2.75) is 153 Å². The third-order valence-corrected chi connectivity index (χ3v) is 9.40. The van der Waals surface area contributed by atoms with Crippen LogP contribution in [0.15, 0.2) is 184 Å². The van der Waals surface area contributed by atoms with Crippen molar-refractivity contribution in [3.8, 4) is 23.0 Å². The molecule has 1 aliphatic carbocycles. The maximum atomic E-state index is 12.5. The Hall–Kier alpha value is -8.52. The van der Waals surface area contributed by atoms with Gasteiger partial charge in [0, 0.05) is 24.3 Å². The number of rotatable bonds is 27. The van der Waals surface area contributed by atoms with Gasteiger partial charge in [-0.15, -0.1) is 0 Å². The summed E-state index contributed by atoms with van der Waals surface area (Å²) in [4.78, 5) is 67.3. The van der Waals surface area contributed by atoms with Crippen molar-refractivity contribution >= 4 is 35.8 Å². The van der Waals surface area contributed by atoms with Crippen molar-refractivity contribution in [3.05, 3.63) is 184 Å². The van der Waals surface area contributed by atoms with Gasteiger partial charge in [0.05, 0.1) is 11.8 Å². The molecule has 6 atom stereocenters. The molecule has 92 heavy (non-hydrogen) atoms. The van der Waals surface area contributed by atoms with E-state index >= 15 is 0 Å². The highest BCUT2D eigenvalue weighted by Crippen LogP contribution is 2.28. The molecule has 6 unspecified atom stereocenters. The minimum absolute atomic E-state index is 0.0412. The number of carboxylic acids is 1. The number of aliphatic carboxylic acids is 1. The van der Waals surface area contributed by atoms with Crippen molar-refractivity contribution in [2.75, 3.05) is 52.9 Å². The van der Waals surface area contributed by atoms with Gasteiger partial charge in [-0.2, -0.15) is 0 Å². The number of hydrogen-bond donors (Lipinski definition) is 4. The van der Waals surface area contributed by atoms with E-state index in [9.17, 15) is 49.2 Å². The van der Waals surface area contributed by atoms with Gasteiger partial charge in [-0.05, 0) is 61.4 Å². The smallest absolute Gasteiger partial charge is 0.330 e. The SMILES string of the molecule is C=CC(=O)OCC(COc1ccccc1)OC(=O)C1CC=CCC1C(=O)O.C=CC(=O)OCC(O)COc1ccccc1.C=CC(=O)OCC(O)COc1ccccc1.C=CC(=O)OCC(O)COc1ccccc1.CC.CC.CC.CC.CCC.CCC.CCC. The van der Waals surface area contributed by atoms with Crippen LogP contribution >= 0.6 is 0 Å². The lowest BCUT2D eigenvalue weighted by Crippen LogP contribution is -2.37. The van der Waals surface area contributed by atoms with Gasteiger partial charge in [-0.25, -0.2) is 19.2 Å². The Morgan fingerprint density at radius 2 is 0.620 bits per heavy atom. The predicted octanol–water partition coefficient (Wildman–Crippen LogP) is 14.2. The van der Waals surface area contributed by atoms with E-state index in [-0.39, 0.29) is 65.7 Å². The van der Waals surface area contributed by atoms with Gasteiger partial charge in [-0.1, -0.05) is 227 Å². The number of allylic oxidation sites excluding steroid dienone is 2. The van der Waals surface area contributed by atoms with E-state index < -0.39 is 72.1 Å². The molecule has 19 nitrogen and oxygen atoms in total. The molecule has 0 spiro atoms. The Labute approximate surface area is 550 Å². The Bertz CT molecular complexity index is 2230. The highest BCUT2D eigenvalue weighted by Gasteiger charge is 2.36. The van der Waals surface area contributed by atoms with E-state index in [0.717, 1.165) is 24.3 Å². The van der Waals surface area contributed by atoms with Crippen LogP contribution in [-0.4, -0.2) is 134 Å². The molecule has 1 aliphatic rings. The summed E-state index contributed by atoms with van der Waals surface area (Å²) in [6.07, 6.45) is 8.55. The number of benzene rings is 4. The molecular formula is C73H112O19. The Kier molecular flexibility index (Phi) is 73.6. The highest BCUT2D eigenvalue weighted by atomic mass is 16.6. The summed E-state index contributed by atoms with van der Waals surface area (Å²) in [6.45, 7) is 41.5. The van der Waals surface area contributed by atoms with Crippen molar-refractivity contribution in [2.24, 2.45) is 11.8 Å². The van der Waals surface area contributed by atoms with Gasteiger partial charge < -0.3 is 63.1 Å². The molecule has 4 N–H and O–H groups in total. The van der Waals surface area contributed by atoms with Gasteiger partial charge in [0.25, 0.3) is 0 Å². The Morgan fingerprint density at radius 1 is 0.391 bits per heavy atom. The first-order chi connectivity index (χ1) is 44.4. The normalized spacial score (nSPS) is 12.6. The summed E-state index contributed by atoms with van der Waals surface area (Å²) in [7, 11) is 0. The summed E-state index contributed by atoms with van der Waals surface area (Å²) in [5.41, 5.74) is 0. The summed E-state index contributed by atoms with van der Waals surface area (Å²) in [5.74, 6) is -3.09. The van der Waals surface area contributed by atoms with E-state index in [0.29, 0.717) is 23.0 Å². The number of carbonyl (C=O) groups is 6. The van der Waals surface area contributed by atoms with Crippen LogP contribution in [0.4, 0.5) is 0 Å². The van der Waals surface area contributed by atoms with Crippen LogP contribution in [-0.2, 0) is 52.5 Å². The molecule has 0 saturated carbocycles. The number of carboxylic acid groups (broad SMARTS) is 1. The standard InChI is InChI=1S/C20H22O7.3C12H14O4.3C3H8.4C2H6/c1-2-18(21)26-13-15(12-25-14-8-4-3-5-9-14)27-20(24)17-11-7-6-10-16(17)19(22)23;3*1-2-12(14)16-9-10(13)8-15-11-6-4-3-5-7-11;3*1-3-2;4*1-2/h2-9,15-17H,1,10-13H2,(H,22,23);3*2-7,10,13H,1,8-9H2;3*3H2,1-2H3;4*1-2H3. The van der Waals surface area contributed by atoms with E-state index in [1.54, 1.807) is 72.8 Å². The fraction of sp³-hybridized carbons (Fsp3) is 0.452. The first-order valence-corrected chi connectivity index (χ1v) is 31.4. The summed E-state index contributed by atoms with van der Waals surface area (Å²) in [5, 5.41) is 37.6. The maximum Gasteiger partial charge on any atom is 0.330 e. The van der Waals surface area contributed by atoms with Gasteiger partial charge in [0.2, 0.25) is 0 Å². The lowest BCUT2D eigenvalue weighted by molar-refractivity contribution is -0.167. The predicted molar refractivity (Wildman–Crippen MR) is 367 cm³/mol. The molecule has 0 aliphatic heterocycles. The minimum Gasteiger partial charge on any atom is -0.491 e. The molecule has 518 valence electrons. The summed E-state index contributed by atoms with van der Waals surface area (Å²) >= 11 is 0. The van der Waals surface area contributed by atoms with Crippen molar-refractivity contribution in [1.82, 2.24) is 0 Å². The maximum absolute atomic E-state index is 12.5. The quantitative estimate of drug-likeness (QED) is 0.0187. The molecule has 0 amide bonds. The number of aliphatic hydroxyl groups excluding tert-OH is 3. The van der Waals surface area contributed by atoms with Crippen molar-refractivity contribution in [3.63, 3.8) is 0 Å². The van der Waals surface area contributed by atoms with Crippen LogP contribution in [0.5, 0.6) is 23.0 Å². The van der Waals surface area contributed by atoms with Crippen molar-refractivity contribution in [1.29, 1.82) is 0 Å². The molecule has 4 aromatic carbocycles. The van der Waals surface area contributed by atoms with E-state index in [1.807, 2.05) is 116 Å². The highest BCUT2D eigenvalue weighted by molar-refractivity contribution is 5.83. The average Bonchev–Trinajstić information content (AvgIpc) is 1.18. The van der Waals surface area contributed by atoms with Crippen LogP contribution in [0.2, 0.25) is 0 Å². The zero-order valence-electron chi connectivity index (χ0n) is 57.4. The fourth-order valence-electron chi connectivity index (χ4n) is 5.64. The number of esters is 5. The third kappa shape index (κ3) is 59.1. The van der Waals surface area contributed by atoms with E-state index in [1.165, 1.54) is 19.3 Å². The molecule has 0 aromatic heterocycles. The molecule has 0 bridgehead atoms. The number of aliphatic hydroxyl groups is 3. The topological polar surface area (TPSA) is 266 Å². The van der Waals surface area contributed by atoms with Crippen LogP contribution < -0.4 is 18.9 Å². The first kappa shape index (κ1) is 94.6. The van der Waals surface area contributed by atoms with Crippen LogP contribution in [0.3, 0.4) is 0 Å². The van der Waals surface area contributed by atoms with Gasteiger partial charge in [-0.3, -0.25) is 9.59 Å². The van der Waals surface area contributed by atoms with Gasteiger partial charge in [0.15, 0.2) is 6.10 Å². The number of ether oxygens (including phenoxy) is 9. The second kappa shape index (κ2) is 71.6. The lowest BCUT2D eigenvalue weighted by atomic mass is 9.83. The monoisotopic (exact) mass is 1290 g/mol. The molecule has 19 heteroatoms. The summed E-state index contributed by atoms with van der Waals surface area (Å²) in [6, 6.07) is 36.2. The Morgan fingerprint density at radius 3 is 0.859 bits per heavy atom. The number of para-hydroxylation sites is 4. The third-order valence-electron chi connectivity index (χ3n) is 9.40. The number of hydrogen-bond acceptors (Lipinski definition) is 18. The molecule has 0 radical (unpaired) electrons. The average molecular weight is 1290 g/mol. The molecule has 0 heterocycles. The molecular weight excluding hydrogens is 1180 g/mol. The minimum atomic E-state index is -1.04. The van der Waals surface area contributed by atoms with Gasteiger partial charge in [0.1, 0.15) is 94.2 Å². The van der Waals surface area contributed by atoms with Crippen LogP contribution in [0.25, 0.3) is 0 Å². The first-order valence-electron chi connectivity index (χ1n) is 31.4. The zero-order chi connectivity index (χ0) is 71.2. The summed E-state index contributed by atoms with van der Waals surface area (Å²) < 4.78 is 45.7. The van der Waals surface area contributed by atoms with Crippen LogP contribution in [0.1, 0.15) is 129 Å². The second-order valence-corrected chi connectivity index (χ2v) is 17.5. The van der Waals surface area contributed by atoms with Crippen LogP contribution in [0, 0.1) is 11.8 Å². The fourth-order valence-corrected chi connectivity index (χ4v) is 5.64. The van der Waals surface area contributed by atoms with E-state index in [4.69, 9.17) is 28.4 Å². The lowest BCUT2D eigenvalue weighted by Gasteiger charge is -2.26. The Balaban J connectivity index is -0.000000252. The largest absolute Gasteiger partial charge is 0.491 e. The molecule has 0 saturated heterocycles. The molecule has 0 fully saturated rings. The molecule has 4 aromatic rings. The van der Waals surface area contributed by atoms with E-state index in [2.05, 4.69) is 82.1 Å².